The Morgan fingerprint density at radius 3 is 2.55 bits per heavy atom. The molecule has 0 saturated carbocycles. The van der Waals surface area contributed by atoms with Gasteiger partial charge in [-0.2, -0.15) is 0 Å². The van der Waals surface area contributed by atoms with E-state index in [0.717, 1.165) is 17.9 Å². The average Bonchev–Trinajstić information content (AvgIpc) is 3.21. The molecule has 0 radical (unpaired) electrons. The molecule has 31 heavy (non-hydrogen) atoms. The number of thioether (sulfide) groups is 1. The van der Waals surface area contributed by atoms with E-state index in [1.807, 2.05) is 66.9 Å². The number of carbonyl (C=O) groups excluding carboxylic acids is 1. The van der Waals surface area contributed by atoms with Crippen molar-refractivity contribution in [1.82, 2.24) is 14.8 Å². The largest absolute Gasteiger partial charge is 0.497 e. The minimum Gasteiger partial charge on any atom is -0.497 e. The second-order valence-corrected chi connectivity index (χ2v) is 7.85. The molecule has 7 nitrogen and oxygen atoms in total. The van der Waals surface area contributed by atoms with Crippen molar-refractivity contribution in [3.63, 3.8) is 0 Å². The molecule has 0 aliphatic heterocycles. The molecule has 1 N–H and O–H groups in total. The van der Waals surface area contributed by atoms with Crippen molar-refractivity contribution in [2.24, 2.45) is 0 Å². The standard InChI is InChI=1S/C23H28N4O3S/c1-5-17-10-12-18(13-11-17)24-21(28)15-31-23-26-25-22(27(23)6-2)16(3)30-20-9-7-8-19(14-20)29-4/h7-14,16H,5-6,15H2,1-4H3,(H,24,28). The summed E-state index contributed by atoms with van der Waals surface area (Å²) in [6.45, 7) is 6.73. The normalized spacial score (nSPS) is 11.7. The third-order valence-electron chi connectivity index (χ3n) is 4.76. The van der Waals surface area contributed by atoms with Gasteiger partial charge in [0.05, 0.1) is 12.9 Å². The van der Waals surface area contributed by atoms with E-state index in [9.17, 15) is 4.79 Å². The summed E-state index contributed by atoms with van der Waals surface area (Å²) in [5, 5.41) is 12.2. The Morgan fingerprint density at radius 1 is 1.13 bits per heavy atom. The Balaban J connectivity index is 1.61. The molecule has 0 aliphatic rings. The van der Waals surface area contributed by atoms with E-state index in [4.69, 9.17) is 9.47 Å². The van der Waals surface area contributed by atoms with Gasteiger partial charge in [0.25, 0.3) is 0 Å². The lowest BCUT2D eigenvalue weighted by molar-refractivity contribution is -0.113. The third kappa shape index (κ3) is 6.01. The van der Waals surface area contributed by atoms with Crippen molar-refractivity contribution in [3.8, 4) is 11.5 Å². The Labute approximate surface area is 187 Å². The first-order valence-corrected chi connectivity index (χ1v) is 11.3. The monoisotopic (exact) mass is 440 g/mol. The van der Waals surface area contributed by atoms with Crippen LogP contribution in [-0.4, -0.2) is 33.5 Å². The molecule has 0 bridgehead atoms. The van der Waals surface area contributed by atoms with Crippen LogP contribution >= 0.6 is 11.8 Å². The van der Waals surface area contributed by atoms with Crippen LogP contribution in [0.3, 0.4) is 0 Å². The third-order valence-corrected chi connectivity index (χ3v) is 5.72. The summed E-state index contributed by atoms with van der Waals surface area (Å²) in [6, 6.07) is 15.3. The lowest BCUT2D eigenvalue weighted by atomic mass is 10.1. The molecule has 0 aliphatic carbocycles. The molecule has 2 aromatic carbocycles. The minimum absolute atomic E-state index is 0.0814. The number of hydrogen-bond donors (Lipinski definition) is 1. The molecule has 3 aromatic rings. The fourth-order valence-corrected chi connectivity index (χ4v) is 3.90. The summed E-state index contributed by atoms with van der Waals surface area (Å²) in [6.07, 6.45) is 0.666. The smallest absolute Gasteiger partial charge is 0.234 e. The van der Waals surface area contributed by atoms with Crippen LogP contribution in [0, 0.1) is 0 Å². The molecule has 8 heteroatoms. The maximum absolute atomic E-state index is 12.4. The van der Waals surface area contributed by atoms with Gasteiger partial charge in [0.2, 0.25) is 5.91 Å². The van der Waals surface area contributed by atoms with Gasteiger partial charge in [-0.3, -0.25) is 4.79 Å². The average molecular weight is 441 g/mol. The van der Waals surface area contributed by atoms with Crippen LogP contribution in [0.2, 0.25) is 0 Å². The van der Waals surface area contributed by atoms with E-state index in [1.54, 1.807) is 7.11 Å². The zero-order valence-corrected chi connectivity index (χ0v) is 19.1. The van der Waals surface area contributed by atoms with Crippen molar-refractivity contribution in [2.45, 2.75) is 45.0 Å². The predicted octanol–water partition coefficient (Wildman–Crippen LogP) is 4.74. The number of benzene rings is 2. The lowest BCUT2D eigenvalue weighted by Gasteiger charge is -2.16. The van der Waals surface area contributed by atoms with Crippen molar-refractivity contribution in [2.75, 3.05) is 18.2 Å². The summed E-state index contributed by atoms with van der Waals surface area (Å²) in [4.78, 5) is 12.4. The van der Waals surface area contributed by atoms with Crippen molar-refractivity contribution in [3.05, 3.63) is 59.9 Å². The van der Waals surface area contributed by atoms with Crippen LogP contribution in [0.4, 0.5) is 5.69 Å². The van der Waals surface area contributed by atoms with Crippen LogP contribution in [0.1, 0.15) is 38.3 Å². The van der Waals surface area contributed by atoms with Crippen molar-refractivity contribution < 1.29 is 14.3 Å². The number of anilines is 1. The summed E-state index contributed by atoms with van der Waals surface area (Å²) < 4.78 is 13.2. The Kier molecular flexibility index (Phi) is 7.94. The van der Waals surface area contributed by atoms with E-state index < -0.39 is 0 Å². The van der Waals surface area contributed by atoms with Gasteiger partial charge >= 0.3 is 0 Å². The molecule has 3 rings (SSSR count). The molecule has 1 aromatic heterocycles. The van der Waals surface area contributed by atoms with Crippen LogP contribution in [0.5, 0.6) is 11.5 Å². The summed E-state index contributed by atoms with van der Waals surface area (Å²) in [7, 11) is 1.62. The van der Waals surface area contributed by atoms with E-state index in [0.29, 0.717) is 23.3 Å². The lowest BCUT2D eigenvalue weighted by Crippen LogP contribution is -2.15. The molecule has 1 unspecified atom stereocenters. The maximum atomic E-state index is 12.4. The quantitative estimate of drug-likeness (QED) is 0.459. The van der Waals surface area contributed by atoms with E-state index in [2.05, 4.69) is 22.4 Å². The molecule has 1 heterocycles. The number of nitrogens with zero attached hydrogens (tertiary/aromatic N) is 3. The summed E-state index contributed by atoms with van der Waals surface area (Å²) in [5.41, 5.74) is 2.03. The van der Waals surface area contributed by atoms with Gasteiger partial charge in [0, 0.05) is 18.3 Å². The Bertz CT molecular complexity index is 1000. The van der Waals surface area contributed by atoms with Gasteiger partial charge in [-0.05, 0) is 50.1 Å². The number of nitrogens with one attached hydrogen (secondary N) is 1. The SMILES string of the molecule is CCc1ccc(NC(=O)CSc2nnc(C(C)Oc3cccc(OC)c3)n2CC)cc1. The number of hydrogen-bond acceptors (Lipinski definition) is 6. The molecule has 1 atom stereocenters. The van der Waals surface area contributed by atoms with Gasteiger partial charge in [-0.15, -0.1) is 10.2 Å². The molecule has 0 fully saturated rings. The molecule has 1 amide bonds. The first-order valence-electron chi connectivity index (χ1n) is 10.3. The van der Waals surface area contributed by atoms with Gasteiger partial charge in [-0.1, -0.05) is 36.9 Å². The molecular weight excluding hydrogens is 412 g/mol. The van der Waals surface area contributed by atoms with Crippen LogP contribution in [0.25, 0.3) is 0 Å². The number of aromatic nitrogens is 3. The molecular formula is C23H28N4O3S. The molecule has 0 saturated heterocycles. The van der Waals surface area contributed by atoms with Crippen LogP contribution < -0.4 is 14.8 Å². The van der Waals surface area contributed by atoms with Crippen LogP contribution in [-0.2, 0) is 17.8 Å². The summed E-state index contributed by atoms with van der Waals surface area (Å²) in [5.74, 6) is 2.30. The number of carbonyl (C=O) groups is 1. The minimum atomic E-state index is -0.306. The first-order chi connectivity index (χ1) is 15.0. The highest BCUT2D eigenvalue weighted by Crippen LogP contribution is 2.26. The zero-order chi connectivity index (χ0) is 22.2. The highest BCUT2D eigenvalue weighted by Gasteiger charge is 2.19. The highest BCUT2D eigenvalue weighted by molar-refractivity contribution is 7.99. The maximum Gasteiger partial charge on any atom is 0.234 e. The van der Waals surface area contributed by atoms with Crippen molar-refractivity contribution >= 4 is 23.4 Å². The number of amides is 1. The fourth-order valence-electron chi connectivity index (χ4n) is 3.09. The summed E-state index contributed by atoms with van der Waals surface area (Å²) >= 11 is 1.36. The molecule has 0 spiro atoms. The predicted molar refractivity (Wildman–Crippen MR) is 123 cm³/mol. The number of aryl methyl sites for hydroxylation is 1. The van der Waals surface area contributed by atoms with Gasteiger partial charge in [0.15, 0.2) is 17.1 Å². The zero-order valence-electron chi connectivity index (χ0n) is 18.3. The molecule has 164 valence electrons. The fraction of sp³-hybridized carbons (Fsp3) is 0.348. The van der Waals surface area contributed by atoms with E-state index >= 15 is 0 Å². The van der Waals surface area contributed by atoms with Crippen LogP contribution in [0.15, 0.2) is 53.7 Å². The topological polar surface area (TPSA) is 78.3 Å². The number of ether oxygens (including phenoxy) is 2. The number of methoxy groups -OCH3 is 1. The second-order valence-electron chi connectivity index (χ2n) is 6.91. The highest BCUT2D eigenvalue weighted by atomic mass is 32.2. The Hall–Kier alpha value is -3.00. The van der Waals surface area contributed by atoms with E-state index in [1.165, 1.54) is 17.3 Å². The van der Waals surface area contributed by atoms with Gasteiger partial charge in [-0.25, -0.2) is 0 Å². The number of rotatable bonds is 10. The van der Waals surface area contributed by atoms with Crippen molar-refractivity contribution in [1.29, 1.82) is 0 Å². The van der Waals surface area contributed by atoms with Gasteiger partial charge in [0.1, 0.15) is 11.5 Å². The Morgan fingerprint density at radius 2 is 1.87 bits per heavy atom. The first kappa shape index (κ1) is 22.7. The van der Waals surface area contributed by atoms with E-state index in [-0.39, 0.29) is 17.8 Å². The van der Waals surface area contributed by atoms with Gasteiger partial charge < -0.3 is 19.4 Å². The second kappa shape index (κ2) is 10.9.